The van der Waals surface area contributed by atoms with Crippen LogP contribution in [0.4, 0.5) is 29.1 Å². The molecule has 6 N–H and O–H groups in total. The molecule has 2 aromatic rings. The van der Waals surface area contributed by atoms with Crippen molar-refractivity contribution in [2.75, 3.05) is 30.7 Å². The Morgan fingerprint density at radius 2 is 2.00 bits per heavy atom. The minimum absolute atomic E-state index is 0.0669. The fourth-order valence-corrected chi connectivity index (χ4v) is 4.46. The molecule has 14 heteroatoms. The lowest BCUT2D eigenvalue weighted by Crippen LogP contribution is -2.60. The van der Waals surface area contributed by atoms with E-state index in [2.05, 4.69) is 20.6 Å². The van der Waals surface area contributed by atoms with E-state index in [4.69, 9.17) is 23.1 Å². The molecule has 3 atom stereocenters. The van der Waals surface area contributed by atoms with Crippen molar-refractivity contribution < 1.29 is 27.2 Å². The van der Waals surface area contributed by atoms with Crippen LogP contribution in [-0.2, 0) is 15.8 Å². The summed E-state index contributed by atoms with van der Waals surface area (Å²) in [6.07, 6.45) is -0.638. The molecule has 0 aliphatic carbocycles. The minimum atomic E-state index is -4.54. The highest BCUT2D eigenvalue weighted by Crippen LogP contribution is 2.34. The lowest BCUT2D eigenvalue weighted by atomic mass is 9.88. The number of primary amides is 1. The van der Waals surface area contributed by atoms with E-state index in [1.54, 1.807) is 4.90 Å². The van der Waals surface area contributed by atoms with Gasteiger partial charge in [-0.25, -0.2) is 14.4 Å². The number of halogens is 5. The highest BCUT2D eigenvalue weighted by molar-refractivity contribution is 6.31. The second-order valence-corrected chi connectivity index (χ2v) is 8.86. The Balaban J connectivity index is 0.000000383. The van der Waals surface area contributed by atoms with Crippen molar-refractivity contribution in [3.63, 3.8) is 0 Å². The lowest BCUT2D eigenvalue weighted by molar-refractivity contribution is -0.140. The van der Waals surface area contributed by atoms with Crippen LogP contribution < -0.4 is 22.1 Å². The Morgan fingerprint density at radius 3 is 2.61 bits per heavy atom. The average Bonchev–Trinajstić information content (AvgIpc) is 2.82. The Bertz CT molecular complexity index is 1070. The van der Waals surface area contributed by atoms with Gasteiger partial charge in [0, 0.05) is 23.8 Å². The number of hydrogen-bond donors (Lipinski definition) is 4. The number of aromatic nitrogens is 2. The van der Waals surface area contributed by atoms with Crippen LogP contribution >= 0.6 is 11.6 Å². The summed E-state index contributed by atoms with van der Waals surface area (Å²) in [7, 11) is 0. The number of benzene rings is 1. The number of hydrogen-bond acceptors (Lipinski definition) is 7. The topological polar surface area (TPSA) is 139 Å². The molecule has 1 aromatic heterocycles. The molecule has 0 saturated carbocycles. The first-order valence-corrected chi connectivity index (χ1v) is 11.5. The predicted molar refractivity (Wildman–Crippen MR) is 125 cm³/mol. The summed E-state index contributed by atoms with van der Waals surface area (Å²) in [5.41, 5.74) is 9.75. The molecule has 3 unspecified atom stereocenters. The molecule has 2 aliphatic heterocycles. The van der Waals surface area contributed by atoms with Crippen LogP contribution in [0.25, 0.3) is 0 Å². The largest absolute Gasteiger partial charge is 0.416 e. The number of piperidine rings is 2. The van der Waals surface area contributed by atoms with Gasteiger partial charge in [-0.15, -0.1) is 0 Å². The van der Waals surface area contributed by atoms with E-state index in [1.165, 1.54) is 12.4 Å². The van der Waals surface area contributed by atoms with Crippen LogP contribution in [0.1, 0.15) is 24.8 Å². The highest BCUT2D eigenvalue weighted by atomic mass is 35.5. The maximum Gasteiger partial charge on any atom is 0.416 e. The summed E-state index contributed by atoms with van der Waals surface area (Å²) in [5.74, 6) is -1.82. The molecule has 3 heterocycles. The normalized spacial score (nSPS) is 22.4. The Kier molecular flexibility index (Phi) is 8.90. The quantitative estimate of drug-likeness (QED) is 0.444. The Morgan fingerprint density at radius 1 is 1.25 bits per heavy atom. The number of amides is 2. The van der Waals surface area contributed by atoms with Crippen LogP contribution in [0.2, 0.25) is 5.02 Å². The number of nitrogens with zero attached hydrogens (tertiary/aromatic N) is 3. The highest BCUT2D eigenvalue weighted by Gasteiger charge is 2.40. The smallest absolute Gasteiger partial charge is 0.381 e. The zero-order valence-electron chi connectivity index (χ0n) is 19.1. The number of alkyl halides is 3. The van der Waals surface area contributed by atoms with Gasteiger partial charge in [-0.05, 0) is 44.0 Å². The van der Waals surface area contributed by atoms with Crippen LogP contribution in [0.3, 0.4) is 0 Å². The molecule has 2 saturated heterocycles. The van der Waals surface area contributed by atoms with Crippen LogP contribution in [0, 0.1) is 11.7 Å². The summed E-state index contributed by atoms with van der Waals surface area (Å²) in [5, 5.41) is 5.99. The van der Waals surface area contributed by atoms with E-state index in [0.29, 0.717) is 38.9 Å². The van der Waals surface area contributed by atoms with Crippen molar-refractivity contribution in [2.45, 2.75) is 37.5 Å². The van der Waals surface area contributed by atoms with Crippen LogP contribution in [0.15, 0.2) is 30.7 Å². The van der Waals surface area contributed by atoms with E-state index in [9.17, 15) is 27.2 Å². The van der Waals surface area contributed by atoms with Gasteiger partial charge in [0.1, 0.15) is 12.4 Å². The number of anilines is 2. The first-order chi connectivity index (χ1) is 17.0. The molecule has 2 fully saturated rings. The van der Waals surface area contributed by atoms with Crippen molar-refractivity contribution in [1.82, 2.24) is 20.2 Å². The predicted octanol–water partition coefficient (Wildman–Crippen LogP) is 2.42. The molecule has 4 rings (SSSR count). The second kappa shape index (κ2) is 11.7. The third-order valence-electron chi connectivity index (χ3n) is 5.95. The molecular weight excluding hydrogens is 506 g/mol. The molecule has 2 amide bonds. The molecule has 1 aromatic carbocycles. The van der Waals surface area contributed by atoms with Crippen molar-refractivity contribution in [3.8, 4) is 0 Å². The van der Waals surface area contributed by atoms with Crippen molar-refractivity contribution >= 4 is 34.9 Å². The van der Waals surface area contributed by atoms with Crippen molar-refractivity contribution in [2.24, 2.45) is 11.7 Å². The van der Waals surface area contributed by atoms with Gasteiger partial charge in [0.2, 0.25) is 11.8 Å². The number of rotatable bonds is 4. The van der Waals surface area contributed by atoms with E-state index < -0.39 is 35.4 Å². The van der Waals surface area contributed by atoms with Crippen LogP contribution in [0.5, 0.6) is 0 Å². The first kappa shape index (κ1) is 27.4. The molecule has 0 radical (unpaired) electrons. The molecule has 36 heavy (non-hydrogen) atoms. The maximum atomic E-state index is 13.0. The van der Waals surface area contributed by atoms with Gasteiger partial charge in [-0.1, -0.05) is 11.6 Å². The molecule has 0 bridgehead atoms. The van der Waals surface area contributed by atoms with Gasteiger partial charge in [0.25, 0.3) is 0 Å². The van der Waals surface area contributed by atoms with Gasteiger partial charge in [0.05, 0.1) is 23.7 Å². The molecule has 2 aliphatic rings. The van der Waals surface area contributed by atoms with Gasteiger partial charge in [-0.2, -0.15) is 13.2 Å². The average molecular weight is 532 g/mol. The summed E-state index contributed by atoms with van der Waals surface area (Å²) < 4.78 is 51.1. The van der Waals surface area contributed by atoms with Crippen molar-refractivity contribution in [3.05, 3.63) is 47.1 Å². The van der Waals surface area contributed by atoms with Gasteiger partial charge >= 0.3 is 6.18 Å². The summed E-state index contributed by atoms with van der Waals surface area (Å²) in [6, 6.07) is 2.09. The number of nitrogens with one attached hydrogen (secondary N) is 2. The van der Waals surface area contributed by atoms with Gasteiger partial charge in [0.15, 0.2) is 11.6 Å². The molecule has 196 valence electrons. The lowest BCUT2D eigenvalue weighted by Gasteiger charge is -2.43. The minimum Gasteiger partial charge on any atom is -0.381 e. The number of carbonyl (C=O) groups is 2. The second-order valence-electron chi connectivity index (χ2n) is 8.42. The summed E-state index contributed by atoms with van der Waals surface area (Å²) in [4.78, 5) is 33.1. The fourth-order valence-electron chi connectivity index (χ4n) is 4.22. The van der Waals surface area contributed by atoms with Gasteiger partial charge < -0.3 is 27.0 Å². The first-order valence-electron chi connectivity index (χ1n) is 11.1. The maximum absolute atomic E-state index is 13.0. The number of likely N-dealkylation sites (tertiary alicyclic amines) is 1. The SMILES string of the molecule is NC(=O)C1CCNCC1N1CCCC(Nc2cc(Cl)cc(C(F)(F)F)c2)C1=O.Nc1ncncc1F. The fraction of sp³-hybridized carbons (Fsp3) is 0.455. The Hall–Kier alpha value is -3.19. The van der Waals surface area contributed by atoms with E-state index in [-0.39, 0.29) is 28.5 Å². The standard InChI is InChI=1S/C18H22ClF3N4O2.C4H4FN3/c19-11-6-10(18(20,21)22)7-12(8-11)25-14-2-1-5-26(17(14)28)15-9-24-4-3-13(15)16(23)27;5-3-1-7-2-8-4(3)6/h6-8,13-15,24-25H,1-5,9H2,(H2,23,27);1-2H,(H2,6,7,8). The zero-order chi connectivity index (χ0) is 26.5. The molecule has 0 spiro atoms. The number of nitrogens with two attached hydrogens (primary N) is 2. The summed E-state index contributed by atoms with van der Waals surface area (Å²) in [6.45, 7) is 1.59. The summed E-state index contributed by atoms with van der Waals surface area (Å²) >= 11 is 5.82. The van der Waals surface area contributed by atoms with Gasteiger partial charge in [-0.3, -0.25) is 9.59 Å². The number of nitrogen functional groups attached to an aromatic ring is 1. The third-order valence-corrected chi connectivity index (χ3v) is 6.17. The van der Waals surface area contributed by atoms with E-state index >= 15 is 0 Å². The van der Waals surface area contributed by atoms with Crippen LogP contribution in [-0.4, -0.2) is 58.4 Å². The zero-order valence-corrected chi connectivity index (χ0v) is 19.8. The van der Waals surface area contributed by atoms with Crippen molar-refractivity contribution in [1.29, 1.82) is 0 Å². The Labute approximate surface area is 209 Å². The molecule has 9 nitrogen and oxygen atoms in total. The number of carbonyl (C=O) groups excluding carboxylic acids is 2. The van der Waals surface area contributed by atoms with E-state index in [1.807, 2.05) is 0 Å². The molecular formula is C22H26ClF4N7O2. The monoisotopic (exact) mass is 531 g/mol. The van der Waals surface area contributed by atoms with E-state index in [0.717, 1.165) is 18.3 Å². The third kappa shape index (κ3) is 6.94.